The number of hydrogen-bond acceptors (Lipinski definition) is 3. The molecule has 2 rings (SSSR count). The third-order valence-corrected chi connectivity index (χ3v) is 6.68. The zero-order valence-electron chi connectivity index (χ0n) is 21.0. The number of aryl methyl sites for hydroxylation is 2. The SMILES string of the molecule is CC(C)CCCCCc1ccccc1OP(=O)(O)Oc1ccccc1CCCCCC(C)C. The van der Waals surface area contributed by atoms with Gasteiger partial charge in [0.05, 0.1) is 0 Å². The van der Waals surface area contributed by atoms with E-state index in [4.69, 9.17) is 9.05 Å². The van der Waals surface area contributed by atoms with E-state index in [0.29, 0.717) is 11.5 Å². The summed E-state index contributed by atoms with van der Waals surface area (Å²) in [5.74, 6) is 2.30. The Morgan fingerprint density at radius 1 is 0.667 bits per heavy atom. The second kappa shape index (κ2) is 14.5. The summed E-state index contributed by atoms with van der Waals surface area (Å²) >= 11 is 0. The molecule has 0 unspecified atom stereocenters. The molecule has 4 nitrogen and oxygen atoms in total. The van der Waals surface area contributed by atoms with Crippen molar-refractivity contribution in [3.05, 3.63) is 59.7 Å². The molecule has 0 spiro atoms. The van der Waals surface area contributed by atoms with Gasteiger partial charge >= 0.3 is 7.82 Å². The van der Waals surface area contributed by atoms with Crippen LogP contribution in [0.4, 0.5) is 0 Å². The van der Waals surface area contributed by atoms with Gasteiger partial charge < -0.3 is 9.05 Å². The molecule has 0 amide bonds. The van der Waals surface area contributed by atoms with Crippen molar-refractivity contribution in [3.8, 4) is 11.5 Å². The normalized spacial score (nSPS) is 11.8. The minimum absolute atomic E-state index is 0.429. The summed E-state index contributed by atoms with van der Waals surface area (Å²) < 4.78 is 24.0. The topological polar surface area (TPSA) is 55.8 Å². The van der Waals surface area contributed by atoms with Crippen LogP contribution in [-0.4, -0.2) is 4.89 Å². The highest BCUT2D eigenvalue weighted by Gasteiger charge is 2.27. The predicted octanol–water partition coefficient (Wildman–Crippen LogP) is 8.76. The highest BCUT2D eigenvalue weighted by atomic mass is 31.2. The van der Waals surface area contributed by atoms with E-state index in [1.807, 2.05) is 36.4 Å². The maximum Gasteiger partial charge on any atom is 0.584 e. The van der Waals surface area contributed by atoms with Gasteiger partial charge in [0.1, 0.15) is 11.5 Å². The smallest absolute Gasteiger partial charge is 0.395 e. The number of phosphoric ester groups is 1. The summed E-state index contributed by atoms with van der Waals surface area (Å²) in [5, 5.41) is 0. The number of hydrogen-bond donors (Lipinski definition) is 1. The van der Waals surface area contributed by atoms with E-state index >= 15 is 0 Å². The van der Waals surface area contributed by atoms with Gasteiger partial charge in [0.25, 0.3) is 0 Å². The Labute approximate surface area is 201 Å². The maximum absolute atomic E-state index is 12.9. The fourth-order valence-electron chi connectivity index (χ4n) is 3.96. The molecule has 0 radical (unpaired) electrons. The lowest BCUT2D eigenvalue weighted by Gasteiger charge is -2.18. The first-order valence-corrected chi connectivity index (χ1v) is 14.1. The third kappa shape index (κ3) is 11.3. The van der Waals surface area contributed by atoms with Crippen LogP contribution in [0, 0.1) is 11.8 Å². The first kappa shape index (κ1) is 27.5. The molecule has 33 heavy (non-hydrogen) atoms. The van der Waals surface area contributed by atoms with Crippen LogP contribution in [0.15, 0.2) is 48.5 Å². The Hall–Kier alpha value is -1.77. The third-order valence-electron chi connectivity index (χ3n) is 5.83. The average Bonchev–Trinajstić information content (AvgIpc) is 2.74. The van der Waals surface area contributed by atoms with Crippen molar-refractivity contribution in [1.29, 1.82) is 0 Å². The van der Waals surface area contributed by atoms with E-state index in [9.17, 15) is 9.46 Å². The summed E-state index contributed by atoms with van der Waals surface area (Å²) in [7, 11) is -4.31. The molecule has 184 valence electrons. The van der Waals surface area contributed by atoms with Gasteiger partial charge in [-0.05, 0) is 60.8 Å². The largest absolute Gasteiger partial charge is 0.584 e. The van der Waals surface area contributed by atoms with Gasteiger partial charge in [-0.15, -0.1) is 0 Å². The molecule has 5 heteroatoms. The van der Waals surface area contributed by atoms with Crippen LogP contribution < -0.4 is 9.05 Å². The second-order valence-electron chi connectivity index (χ2n) is 9.85. The predicted molar refractivity (Wildman–Crippen MR) is 138 cm³/mol. The lowest BCUT2D eigenvalue weighted by atomic mass is 10.0. The van der Waals surface area contributed by atoms with Gasteiger partial charge in [0, 0.05) is 0 Å². The van der Waals surface area contributed by atoms with E-state index in [1.165, 1.54) is 25.7 Å². The lowest BCUT2D eigenvalue weighted by molar-refractivity contribution is 0.288. The molecule has 0 aliphatic heterocycles. The highest BCUT2D eigenvalue weighted by molar-refractivity contribution is 7.48. The number of benzene rings is 2. The summed E-state index contributed by atoms with van der Waals surface area (Å²) in [4.78, 5) is 10.5. The van der Waals surface area contributed by atoms with Gasteiger partial charge in [0.15, 0.2) is 0 Å². The van der Waals surface area contributed by atoms with Crippen molar-refractivity contribution in [2.75, 3.05) is 0 Å². The number of unbranched alkanes of at least 4 members (excludes halogenated alkanes) is 4. The van der Waals surface area contributed by atoms with Gasteiger partial charge in [-0.25, -0.2) is 4.57 Å². The molecule has 0 saturated carbocycles. The van der Waals surface area contributed by atoms with Crippen LogP contribution in [0.5, 0.6) is 11.5 Å². The van der Waals surface area contributed by atoms with Crippen molar-refractivity contribution in [3.63, 3.8) is 0 Å². The summed E-state index contributed by atoms with van der Waals surface area (Å²) in [6, 6.07) is 14.9. The molecule has 0 aliphatic rings. The van der Waals surface area contributed by atoms with E-state index in [1.54, 1.807) is 12.1 Å². The van der Waals surface area contributed by atoms with Gasteiger partial charge in [-0.3, -0.25) is 4.89 Å². The second-order valence-corrected chi connectivity index (χ2v) is 11.2. The molecule has 0 fully saturated rings. The van der Waals surface area contributed by atoms with Crippen LogP contribution in [-0.2, 0) is 17.4 Å². The van der Waals surface area contributed by atoms with Gasteiger partial charge in [0.2, 0.25) is 0 Å². The van der Waals surface area contributed by atoms with Crippen LogP contribution in [0.3, 0.4) is 0 Å². The summed E-state index contributed by atoms with van der Waals surface area (Å²) in [6.07, 6.45) is 10.9. The standard InChI is InChI=1S/C28H43O4P/c1-23(2)15-7-5-9-17-25-19-11-13-21-27(25)31-33(29,30)32-28-22-14-12-20-26(28)18-10-6-8-16-24(3)4/h11-14,19-24H,5-10,15-18H2,1-4H3,(H,29,30). The van der Waals surface area contributed by atoms with E-state index in [2.05, 4.69) is 27.7 Å². The molecule has 0 aliphatic carbocycles. The number of phosphoric acid groups is 1. The van der Waals surface area contributed by atoms with Gasteiger partial charge in [-0.2, -0.15) is 0 Å². The molecular formula is C28H43O4P. The number of rotatable bonds is 16. The van der Waals surface area contributed by atoms with Gasteiger partial charge in [-0.1, -0.05) is 103 Å². The van der Waals surface area contributed by atoms with Crippen LogP contribution in [0.2, 0.25) is 0 Å². The minimum Gasteiger partial charge on any atom is -0.395 e. The average molecular weight is 475 g/mol. The van der Waals surface area contributed by atoms with E-state index in [-0.39, 0.29) is 0 Å². The Morgan fingerprint density at radius 2 is 1.06 bits per heavy atom. The molecule has 1 N–H and O–H groups in total. The molecule has 0 bridgehead atoms. The fourth-order valence-corrected chi connectivity index (χ4v) is 4.85. The molecule has 0 saturated heterocycles. The minimum atomic E-state index is -4.31. The first-order valence-electron chi connectivity index (χ1n) is 12.6. The Kier molecular flexibility index (Phi) is 12.1. The molecule has 2 aromatic carbocycles. The van der Waals surface area contributed by atoms with Crippen molar-refractivity contribution >= 4 is 7.82 Å². The quantitative estimate of drug-likeness (QED) is 0.195. The summed E-state index contributed by atoms with van der Waals surface area (Å²) in [6.45, 7) is 8.97. The van der Waals surface area contributed by atoms with Crippen LogP contribution >= 0.6 is 7.82 Å². The highest BCUT2D eigenvalue weighted by Crippen LogP contribution is 2.46. The fraction of sp³-hybridized carbons (Fsp3) is 0.571. The molecule has 2 aromatic rings. The van der Waals surface area contributed by atoms with Crippen LogP contribution in [0.1, 0.15) is 90.2 Å². The van der Waals surface area contributed by atoms with Crippen molar-refractivity contribution in [1.82, 2.24) is 0 Å². The molecule has 0 heterocycles. The Balaban J connectivity index is 1.94. The van der Waals surface area contributed by atoms with E-state index in [0.717, 1.165) is 61.5 Å². The number of para-hydroxylation sites is 2. The maximum atomic E-state index is 12.9. The van der Waals surface area contributed by atoms with Crippen molar-refractivity contribution < 1.29 is 18.5 Å². The van der Waals surface area contributed by atoms with Crippen molar-refractivity contribution in [2.45, 2.75) is 91.9 Å². The van der Waals surface area contributed by atoms with Crippen LogP contribution in [0.25, 0.3) is 0 Å². The first-order chi connectivity index (χ1) is 15.8. The van der Waals surface area contributed by atoms with E-state index < -0.39 is 7.82 Å². The lowest BCUT2D eigenvalue weighted by Crippen LogP contribution is -2.04. The Morgan fingerprint density at radius 3 is 1.45 bits per heavy atom. The molecular weight excluding hydrogens is 431 g/mol. The summed E-state index contributed by atoms with van der Waals surface area (Å²) in [5.41, 5.74) is 1.89. The monoisotopic (exact) mass is 474 g/mol. The Bertz CT molecular complexity index is 795. The molecule has 0 aromatic heterocycles. The zero-order chi connectivity index (χ0) is 24.1. The zero-order valence-corrected chi connectivity index (χ0v) is 21.9. The van der Waals surface area contributed by atoms with Crippen molar-refractivity contribution in [2.24, 2.45) is 11.8 Å². The molecule has 0 atom stereocenters.